The van der Waals surface area contributed by atoms with Crippen LogP contribution < -0.4 is 5.73 Å². The van der Waals surface area contributed by atoms with Gasteiger partial charge in [0.25, 0.3) is 0 Å². The first-order valence-electron chi connectivity index (χ1n) is 5.88. The second-order valence-corrected chi connectivity index (χ2v) is 4.73. The van der Waals surface area contributed by atoms with Gasteiger partial charge >= 0.3 is 0 Å². The van der Waals surface area contributed by atoms with E-state index in [2.05, 4.69) is 11.8 Å². The molecule has 1 aromatic carbocycles. The van der Waals surface area contributed by atoms with Gasteiger partial charge in [-0.05, 0) is 31.9 Å². The monoisotopic (exact) mass is 222 g/mol. The van der Waals surface area contributed by atoms with Crippen molar-refractivity contribution < 1.29 is 4.39 Å². The fourth-order valence-electron chi connectivity index (χ4n) is 2.30. The average molecular weight is 222 g/mol. The summed E-state index contributed by atoms with van der Waals surface area (Å²) in [6.45, 7) is 4.78. The van der Waals surface area contributed by atoms with Crippen LogP contribution in [0.4, 0.5) is 4.39 Å². The van der Waals surface area contributed by atoms with Crippen molar-refractivity contribution >= 4 is 0 Å². The van der Waals surface area contributed by atoms with Gasteiger partial charge in [-0.15, -0.1) is 0 Å². The molecule has 0 amide bonds. The minimum atomic E-state index is -0.105. The molecule has 1 aromatic rings. The van der Waals surface area contributed by atoms with Gasteiger partial charge < -0.3 is 5.73 Å². The predicted octanol–water partition coefficient (Wildman–Crippen LogP) is 1.99. The molecule has 0 saturated carbocycles. The van der Waals surface area contributed by atoms with E-state index in [1.165, 1.54) is 6.07 Å². The summed E-state index contributed by atoms with van der Waals surface area (Å²) in [6, 6.07) is 7.24. The van der Waals surface area contributed by atoms with Crippen molar-refractivity contribution in [2.24, 2.45) is 11.7 Å². The zero-order valence-corrected chi connectivity index (χ0v) is 9.70. The van der Waals surface area contributed by atoms with Crippen LogP contribution in [0.5, 0.6) is 0 Å². The Morgan fingerprint density at radius 2 is 2.25 bits per heavy atom. The van der Waals surface area contributed by atoms with Gasteiger partial charge in [0.05, 0.1) is 0 Å². The quantitative estimate of drug-likeness (QED) is 0.847. The molecule has 88 valence electrons. The average Bonchev–Trinajstić information content (AvgIpc) is 2.70. The van der Waals surface area contributed by atoms with Gasteiger partial charge in [-0.3, -0.25) is 4.90 Å². The van der Waals surface area contributed by atoms with Gasteiger partial charge in [-0.1, -0.05) is 18.2 Å². The van der Waals surface area contributed by atoms with E-state index >= 15 is 0 Å². The van der Waals surface area contributed by atoms with E-state index in [9.17, 15) is 4.39 Å². The van der Waals surface area contributed by atoms with Gasteiger partial charge in [0.15, 0.2) is 0 Å². The van der Waals surface area contributed by atoms with E-state index in [0.717, 1.165) is 25.1 Å². The van der Waals surface area contributed by atoms with E-state index < -0.39 is 0 Å². The minimum Gasteiger partial charge on any atom is -0.328 e. The third kappa shape index (κ3) is 2.60. The fourth-order valence-corrected chi connectivity index (χ4v) is 2.30. The molecule has 0 aromatic heterocycles. The highest BCUT2D eigenvalue weighted by Crippen LogP contribution is 2.21. The predicted molar refractivity (Wildman–Crippen MR) is 63.4 cm³/mol. The van der Waals surface area contributed by atoms with Gasteiger partial charge in [0.2, 0.25) is 0 Å². The zero-order chi connectivity index (χ0) is 11.5. The Hall–Kier alpha value is -0.930. The van der Waals surface area contributed by atoms with Crippen LogP contribution in [-0.4, -0.2) is 24.0 Å². The van der Waals surface area contributed by atoms with E-state index in [4.69, 9.17) is 5.73 Å². The van der Waals surface area contributed by atoms with Crippen molar-refractivity contribution in [3.05, 3.63) is 35.6 Å². The Morgan fingerprint density at radius 1 is 1.50 bits per heavy atom. The molecule has 0 radical (unpaired) electrons. The molecular formula is C13H19FN2. The third-order valence-electron chi connectivity index (χ3n) is 3.40. The molecule has 1 saturated heterocycles. The molecule has 0 spiro atoms. The SMILES string of the molecule is CC(N)C1CCN(Cc2ccccc2F)C1. The van der Waals surface area contributed by atoms with E-state index in [1.54, 1.807) is 6.07 Å². The summed E-state index contributed by atoms with van der Waals surface area (Å²) < 4.78 is 13.4. The van der Waals surface area contributed by atoms with Crippen molar-refractivity contribution in [3.63, 3.8) is 0 Å². The van der Waals surface area contributed by atoms with Crippen molar-refractivity contribution in [1.29, 1.82) is 0 Å². The highest BCUT2D eigenvalue weighted by atomic mass is 19.1. The second-order valence-electron chi connectivity index (χ2n) is 4.73. The van der Waals surface area contributed by atoms with Crippen LogP contribution in [0.2, 0.25) is 0 Å². The number of hydrogen-bond donors (Lipinski definition) is 1. The summed E-state index contributed by atoms with van der Waals surface area (Å²) in [5.74, 6) is 0.457. The van der Waals surface area contributed by atoms with Crippen LogP contribution in [0.15, 0.2) is 24.3 Å². The molecule has 16 heavy (non-hydrogen) atoms. The van der Waals surface area contributed by atoms with Crippen LogP contribution in [0.1, 0.15) is 18.9 Å². The Bertz CT molecular complexity index is 352. The first-order valence-corrected chi connectivity index (χ1v) is 5.88. The van der Waals surface area contributed by atoms with Gasteiger partial charge in [-0.2, -0.15) is 0 Å². The molecule has 3 heteroatoms. The summed E-state index contributed by atoms with van der Waals surface area (Å²) in [6.07, 6.45) is 1.13. The normalized spacial score (nSPS) is 23.6. The van der Waals surface area contributed by atoms with E-state index in [1.807, 2.05) is 12.1 Å². The molecule has 2 nitrogen and oxygen atoms in total. The number of nitrogens with two attached hydrogens (primary N) is 1. The molecule has 0 bridgehead atoms. The first-order chi connectivity index (χ1) is 7.66. The largest absolute Gasteiger partial charge is 0.328 e. The number of halogens is 1. The van der Waals surface area contributed by atoms with Gasteiger partial charge in [-0.25, -0.2) is 4.39 Å². The van der Waals surface area contributed by atoms with E-state index in [-0.39, 0.29) is 11.9 Å². The molecule has 1 heterocycles. The van der Waals surface area contributed by atoms with Gasteiger partial charge in [0, 0.05) is 24.7 Å². The lowest BCUT2D eigenvalue weighted by molar-refractivity contribution is 0.304. The maximum Gasteiger partial charge on any atom is 0.127 e. The topological polar surface area (TPSA) is 29.3 Å². The van der Waals surface area contributed by atoms with Crippen molar-refractivity contribution in [2.45, 2.75) is 25.9 Å². The molecule has 1 aliphatic heterocycles. The van der Waals surface area contributed by atoms with Crippen LogP contribution in [0, 0.1) is 11.7 Å². The van der Waals surface area contributed by atoms with Crippen LogP contribution in [0.3, 0.4) is 0 Å². The molecule has 2 rings (SSSR count). The molecule has 2 atom stereocenters. The molecular weight excluding hydrogens is 203 g/mol. The van der Waals surface area contributed by atoms with Gasteiger partial charge in [0.1, 0.15) is 5.82 Å². The van der Waals surface area contributed by atoms with E-state index in [0.29, 0.717) is 12.5 Å². The highest BCUT2D eigenvalue weighted by molar-refractivity contribution is 5.17. The van der Waals surface area contributed by atoms with Crippen molar-refractivity contribution in [3.8, 4) is 0 Å². The Morgan fingerprint density at radius 3 is 2.88 bits per heavy atom. The Balaban J connectivity index is 1.95. The summed E-state index contributed by atoms with van der Waals surface area (Å²) in [5, 5.41) is 0. The molecule has 1 fully saturated rings. The molecule has 0 aliphatic carbocycles. The van der Waals surface area contributed by atoms with Crippen LogP contribution in [-0.2, 0) is 6.54 Å². The van der Waals surface area contributed by atoms with Crippen molar-refractivity contribution in [1.82, 2.24) is 4.90 Å². The minimum absolute atomic E-state index is 0.105. The fraction of sp³-hybridized carbons (Fsp3) is 0.538. The number of likely N-dealkylation sites (tertiary alicyclic amines) is 1. The summed E-state index contributed by atoms with van der Waals surface area (Å²) in [5.41, 5.74) is 6.67. The van der Waals surface area contributed by atoms with Crippen LogP contribution >= 0.6 is 0 Å². The smallest absolute Gasteiger partial charge is 0.127 e. The van der Waals surface area contributed by atoms with Crippen LogP contribution in [0.25, 0.3) is 0 Å². The molecule has 2 unspecified atom stereocenters. The zero-order valence-electron chi connectivity index (χ0n) is 9.70. The first kappa shape index (κ1) is 11.6. The lowest BCUT2D eigenvalue weighted by atomic mass is 10.0. The number of benzene rings is 1. The molecule has 1 aliphatic rings. The maximum atomic E-state index is 13.4. The van der Waals surface area contributed by atoms with Crippen molar-refractivity contribution in [2.75, 3.05) is 13.1 Å². The maximum absolute atomic E-state index is 13.4. The summed E-state index contributed by atoms with van der Waals surface area (Å²) in [4.78, 5) is 2.28. The third-order valence-corrected chi connectivity index (χ3v) is 3.40. The summed E-state index contributed by atoms with van der Waals surface area (Å²) in [7, 11) is 0. The highest BCUT2D eigenvalue weighted by Gasteiger charge is 2.25. The Labute approximate surface area is 96.2 Å². The second kappa shape index (κ2) is 4.93. The standard InChI is InChI=1S/C13H19FN2/c1-10(15)11-6-7-16(8-11)9-12-4-2-3-5-13(12)14/h2-5,10-11H,6-9,15H2,1H3. The number of hydrogen-bond acceptors (Lipinski definition) is 2. The summed E-state index contributed by atoms with van der Waals surface area (Å²) >= 11 is 0. The lowest BCUT2D eigenvalue weighted by Crippen LogP contribution is -2.29. The number of nitrogens with zero attached hydrogens (tertiary/aromatic N) is 1. The number of rotatable bonds is 3. The Kier molecular flexibility index (Phi) is 3.56. The lowest BCUT2D eigenvalue weighted by Gasteiger charge is -2.18. The molecule has 2 N–H and O–H groups in total.